The summed E-state index contributed by atoms with van der Waals surface area (Å²) in [5, 5.41) is 11.1. The second-order valence-corrected chi connectivity index (χ2v) is 9.97. The second kappa shape index (κ2) is 16.5. The second-order valence-electron chi connectivity index (χ2n) is 9.97. The van der Waals surface area contributed by atoms with Gasteiger partial charge in [0.05, 0.1) is 6.54 Å². The van der Waals surface area contributed by atoms with Gasteiger partial charge in [0.1, 0.15) is 12.1 Å². The molecule has 4 amide bonds. The van der Waals surface area contributed by atoms with Crippen molar-refractivity contribution in [2.24, 2.45) is 17.6 Å². The molecule has 196 valence electrons. The normalized spacial score (nSPS) is 23.6. The van der Waals surface area contributed by atoms with Crippen LogP contribution in [0.5, 0.6) is 0 Å². The zero-order chi connectivity index (χ0) is 25.5. The summed E-state index contributed by atoms with van der Waals surface area (Å²) in [7, 11) is 0. The molecule has 1 heterocycles. The van der Waals surface area contributed by atoms with Crippen molar-refractivity contribution in [2.45, 2.75) is 110 Å². The lowest BCUT2D eigenvalue weighted by molar-refractivity contribution is -0.133. The Kier molecular flexibility index (Phi) is 14.5. The molecule has 0 aromatic rings. The Bertz CT molecular complexity index is 655. The van der Waals surface area contributed by atoms with Crippen LogP contribution in [0, 0.1) is 11.8 Å². The molecule has 1 aliphatic rings. The molecule has 34 heavy (non-hydrogen) atoms. The molecule has 1 rings (SSSR count). The highest BCUT2D eigenvalue weighted by Crippen LogP contribution is 2.15. The van der Waals surface area contributed by atoms with E-state index in [2.05, 4.69) is 35.1 Å². The maximum Gasteiger partial charge on any atom is 0.243 e. The standard InChI is InChI=1S/C25H47N5O4/c1-5-18(4)11-8-6-7-9-12-19-15-21(31)27-16-22(32)29-20(13-10-14-26)24(33)30-23(17(2)3)25(34)28-19/h17-20,23H,5-16,26H2,1-4H3,(H,27,31)(H,28,34)(H,29,32)(H,30,33)/t18?,19-,20+,23+/m1/s1. The van der Waals surface area contributed by atoms with Crippen molar-refractivity contribution >= 4 is 23.6 Å². The van der Waals surface area contributed by atoms with Gasteiger partial charge in [-0.25, -0.2) is 0 Å². The highest BCUT2D eigenvalue weighted by atomic mass is 16.2. The van der Waals surface area contributed by atoms with Crippen molar-refractivity contribution in [3.63, 3.8) is 0 Å². The topological polar surface area (TPSA) is 142 Å². The predicted octanol–water partition coefficient (Wildman–Crippen LogP) is 1.74. The number of nitrogens with one attached hydrogen (secondary N) is 4. The molecule has 1 unspecified atom stereocenters. The van der Waals surface area contributed by atoms with Crippen molar-refractivity contribution in [1.29, 1.82) is 0 Å². The van der Waals surface area contributed by atoms with Gasteiger partial charge in [-0.2, -0.15) is 0 Å². The molecule has 6 N–H and O–H groups in total. The van der Waals surface area contributed by atoms with Crippen LogP contribution < -0.4 is 27.0 Å². The summed E-state index contributed by atoms with van der Waals surface area (Å²) in [6, 6.07) is -1.92. The molecule has 0 aliphatic carbocycles. The Morgan fingerprint density at radius 3 is 2.21 bits per heavy atom. The summed E-state index contributed by atoms with van der Waals surface area (Å²) in [4.78, 5) is 50.8. The zero-order valence-corrected chi connectivity index (χ0v) is 21.6. The van der Waals surface area contributed by atoms with Gasteiger partial charge in [-0.05, 0) is 37.6 Å². The van der Waals surface area contributed by atoms with Crippen molar-refractivity contribution in [3.05, 3.63) is 0 Å². The fourth-order valence-corrected chi connectivity index (χ4v) is 4.06. The minimum absolute atomic E-state index is 0.0985. The Morgan fingerprint density at radius 2 is 1.56 bits per heavy atom. The Morgan fingerprint density at radius 1 is 0.853 bits per heavy atom. The monoisotopic (exact) mass is 481 g/mol. The SMILES string of the molecule is CCC(C)CCCCCC[C@@H]1CC(=O)NCC(=O)N[C@@H](CCCN)C(=O)N[C@@H](C(C)C)C(=O)N1. The van der Waals surface area contributed by atoms with Crippen LogP contribution in [0.15, 0.2) is 0 Å². The van der Waals surface area contributed by atoms with Gasteiger partial charge >= 0.3 is 0 Å². The van der Waals surface area contributed by atoms with Crippen LogP contribution >= 0.6 is 0 Å². The smallest absolute Gasteiger partial charge is 0.243 e. The van der Waals surface area contributed by atoms with Crippen LogP contribution in [0.4, 0.5) is 0 Å². The van der Waals surface area contributed by atoms with E-state index >= 15 is 0 Å². The van der Waals surface area contributed by atoms with Gasteiger partial charge in [-0.3, -0.25) is 19.2 Å². The molecule has 0 bridgehead atoms. The zero-order valence-electron chi connectivity index (χ0n) is 21.6. The van der Waals surface area contributed by atoms with E-state index in [1.54, 1.807) is 0 Å². The Balaban J connectivity index is 2.85. The molecule has 4 atom stereocenters. The molecule has 0 aromatic heterocycles. The Labute approximate surface area is 205 Å². The van der Waals surface area contributed by atoms with E-state index in [0.717, 1.165) is 25.2 Å². The van der Waals surface area contributed by atoms with Gasteiger partial charge in [0.15, 0.2) is 0 Å². The van der Waals surface area contributed by atoms with Crippen molar-refractivity contribution in [1.82, 2.24) is 21.3 Å². The lowest BCUT2D eigenvalue weighted by Gasteiger charge is -2.27. The minimum Gasteiger partial charge on any atom is -0.351 e. The molecule has 0 aromatic carbocycles. The highest BCUT2D eigenvalue weighted by molar-refractivity contribution is 5.94. The van der Waals surface area contributed by atoms with Crippen LogP contribution in [0.2, 0.25) is 0 Å². The number of carbonyl (C=O) groups is 4. The van der Waals surface area contributed by atoms with Gasteiger partial charge in [0.25, 0.3) is 0 Å². The first-order valence-corrected chi connectivity index (χ1v) is 13.0. The molecule has 1 saturated heterocycles. The molecule has 9 nitrogen and oxygen atoms in total. The number of carbonyl (C=O) groups excluding carboxylic acids is 4. The number of hydrogen-bond donors (Lipinski definition) is 5. The molecule has 0 spiro atoms. The van der Waals surface area contributed by atoms with E-state index in [1.807, 2.05) is 13.8 Å². The van der Waals surface area contributed by atoms with Crippen molar-refractivity contribution in [2.75, 3.05) is 13.1 Å². The van der Waals surface area contributed by atoms with Crippen LogP contribution in [0.25, 0.3) is 0 Å². The molecule has 0 radical (unpaired) electrons. The van der Waals surface area contributed by atoms with Crippen molar-refractivity contribution < 1.29 is 19.2 Å². The molecular weight excluding hydrogens is 434 g/mol. The van der Waals surface area contributed by atoms with Crippen LogP contribution in [0.3, 0.4) is 0 Å². The molecular formula is C25H47N5O4. The largest absolute Gasteiger partial charge is 0.351 e. The molecule has 1 fully saturated rings. The van der Waals surface area contributed by atoms with E-state index in [9.17, 15) is 19.2 Å². The average Bonchev–Trinajstić information content (AvgIpc) is 2.80. The van der Waals surface area contributed by atoms with Crippen molar-refractivity contribution in [3.8, 4) is 0 Å². The maximum absolute atomic E-state index is 13.1. The first kappa shape index (κ1) is 29.9. The summed E-state index contributed by atoms with van der Waals surface area (Å²) < 4.78 is 0. The maximum atomic E-state index is 13.1. The van der Waals surface area contributed by atoms with Crippen LogP contribution in [0.1, 0.15) is 91.9 Å². The summed E-state index contributed by atoms with van der Waals surface area (Å²) in [6.07, 6.45) is 8.36. The van der Waals surface area contributed by atoms with Gasteiger partial charge in [-0.15, -0.1) is 0 Å². The van der Waals surface area contributed by atoms with Crippen LogP contribution in [-0.4, -0.2) is 54.8 Å². The fraction of sp³-hybridized carbons (Fsp3) is 0.840. The third-order valence-corrected chi connectivity index (χ3v) is 6.52. The number of amides is 4. The third-order valence-electron chi connectivity index (χ3n) is 6.52. The van der Waals surface area contributed by atoms with Crippen LogP contribution in [-0.2, 0) is 19.2 Å². The molecule has 0 saturated carbocycles. The summed E-state index contributed by atoms with van der Waals surface area (Å²) in [5.74, 6) is -0.873. The Hall–Kier alpha value is -2.16. The van der Waals surface area contributed by atoms with E-state index in [4.69, 9.17) is 5.73 Å². The highest BCUT2D eigenvalue weighted by Gasteiger charge is 2.30. The number of hydrogen-bond acceptors (Lipinski definition) is 5. The van der Waals surface area contributed by atoms with E-state index in [1.165, 1.54) is 19.3 Å². The number of nitrogens with two attached hydrogens (primary N) is 1. The minimum atomic E-state index is -0.811. The fourth-order valence-electron chi connectivity index (χ4n) is 4.06. The average molecular weight is 482 g/mol. The van der Waals surface area contributed by atoms with Gasteiger partial charge in [0.2, 0.25) is 23.6 Å². The van der Waals surface area contributed by atoms with Gasteiger partial charge < -0.3 is 27.0 Å². The molecule has 1 aliphatic heterocycles. The van der Waals surface area contributed by atoms with Gasteiger partial charge in [0, 0.05) is 12.5 Å². The lowest BCUT2D eigenvalue weighted by atomic mass is 9.98. The van der Waals surface area contributed by atoms with E-state index in [0.29, 0.717) is 25.8 Å². The van der Waals surface area contributed by atoms with E-state index in [-0.39, 0.29) is 36.7 Å². The summed E-state index contributed by atoms with van der Waals surface area (Å²) >= 11 is 0. The quantitative estimate of drug-likeness (QED) is 0.270. The van der Waals surface area contributed by atoms with Gasteiger partial charge in [-0.1, -0.05) is 66.2 Å². The number of unbranched alkanes of at least 4 members (excludes halogenated alkanes) is 3. The summed E-state index contributed by atoms with van der Waals surface area (Å²) in [5.41, 5.74) is 5.57. The first-order valence-electron chi connectivity index (χ1n) is 13.0. The number of rotatable bonds is 12. The predicted molar refractivity (Wildman–Crippen MR) is 134 cm³/mol. The first-order chi connectivity index (χ1) is 16.2. The van der Waals surface area contributed by atoms with E-state index < -0.39 is 23.9 Å². The summed E-state index contributed by atoms with van der Waals surface area (Å²) in [6.45, 7) is 8.36. The third kappa shape index (κ3) is 11.8. The lowest BCUT2D eigenvalue weighted by Crippen LogP contribution is -2.56. The molecule has 9 heteroatoms.